The minimum absolute atomic E-state index is 0.191. The van der Waals surface area contributed by atoms with Crippen molar-refractivity contribution >= 4 is 17.6 Å². The van der Waals surface area contributed by atoms with E-state index in [0.717, 1.165) is 10.5 Å². The van der Waals surface area contributed by atoms with E-state index < -0.39 is 47.0 Å². The average molecular weight is 534 g/mol. The van der Waals surface area contributed by atoms with Crippen LogP contribution in [0.2, 0.25) is 0 Å². The largest absolute Gasteiger partial charge is 0.459 e. The summed E-state index contributed by atoms with van der Waals surface area (Å²) in [6.07, 6.45) is 0. The standard InChI is InChI=1S/C31H26F3NO4/c1-31(2,3)39-28(36)19-35(30(37)29-26(33)17-22(32)18-27(29)34)23-9-7-8-21(16-23)20-12-14-25(15-13-20)38-24-10-5-4-6-11-24/h4-18H,19H2,1-3H3. The summed E-state index contributed by atoms with van der Waals surface area (Å²) in [4.78, 5) is 26.9. The smallest absolute Gasteiger partial charge is 0.326 e. The Morgan fingerprint density at radius 1 is 0.744 bits per heavy atom. The van der Waals surface area contributed by atoms with E-state index in [1.165, 1.54) is 6.07 Å². The fraction of sp³-hybridized carbons (Fsp3) is 0.161. The molecule has 0 unspecified atom stereocenters. The number of halogens is 3. The van der Waals surface area contributed by atoms with Gasteiger partial charge in [0.2, 0.25) is 0 Å². The van der Waals surface area contributed by atoms with Crippen molar-refractivity contribution in [2.45, 2.75) is 26.4 Å². The lowest BCUT2D eigenvalue weighted by molar-refractivity contribution is -0.152. The van der Waals surface area contributed by atoms with Crippen molar-refractivity contribution in [1.82, 2.24) is 0 Å². The van der Waals surface area contributed by atoms with Gasteiger partial charge in [0.1, 0.15) is 46.7 Å². The highest BCUT2D eigenvalue weighted by Crippen LogP contribution is 2.30. The van der Waals surface area contributed by atoms with Crippen molar-refractivity contribution in [2.75, 3.05) is 11.4 Å². The van der Waals surface area contributed by atoms with Gasteiger partial charge in [-0.15, -0.1) is 0 Å². The molecule has 0 N–H and O–H groups in total. The molecule has 39 heavy (non-hydrogen) atoms. The monoisotopic (exact) mass is 533 g/mol. The molecule has 0 heterocycles. The third kappa shape index (κ3) is 7.04. The van der Waals surface area contributed by atoms with E-state index in [4.69, 9.17) is 9.47 Å². The van der Waals surface area contributed by atoms with E-state index in [1.807, 2.05) is 42.5 Å². The fourth-order valence-corrected chi connectivity index (χ4v) is 3.86. The molecule has 0 aliphatic carbocycles. The number of anilines is 1. The van der Waals surface area contributed by atoms with Crippen molar-refractivity contribution < 1.29 is 32.2 Å². The van der Waals surface area contributed by atoms with Crippen LogP contribution in [0.1, 0.15) is 31.1 Å². The first-order valence-electron chi connectivity index (χ1n) is 12.1. The molecule has 4 aromatic rings. The SMILES string of the molecule is CC(C)(C)OC(=O)CN(C(=O)c1c(F)cc(F)cc1F)c1cccc(-c2ccc(Oc3ccccc3)cc2)c1. The van der Waals surface area contributed by atoms with E-state index in [2.05, 4.69) is 0 Å². The number of para-hydroxylation sites is 1. The molecule has 4 rings (SSSR count). The van der Waals surface area contributed by atoms with Crippen LogP contribution in [-0.4, -0.2) is 24.0 Å². The third-order valence-corrected chi connectivity index (χ3v) is 5.50. The molecule has 0 spiro atoms. The summed E-state index contributed by atoms with van der Waals surface area (Å²) in [5.41, 5.74) is -0.213. The second-order valence-electron chi connectivity index (χ2n) is 9.71. The number of amides is 1. The van der Waals surface area contributed by atoms with Gasteiger partial charge in [-0.2, -0.15) is 0 Å². The van der Waals surface area contributed by atoms with Crippen LogP contribution < -0.4 is 9.64 Å². The Labute approximate surface area is 224 Å². The third-order valence-electron chi connectivity index (χ3n) is 5.50. The van der Waals surface area contributed by atoms with Gasteiger partial charge in [0.15, 0.2) is 0 Å². The highest BCUT2D eigenvalue weighted by atomic mass is 19.1. The first-order valence-corrected chi connectivity index (χ1v) is 12.1. The summed E-state index contributed by atoms with van der Waals surface area (Å²) in [7, 11) is 0. The predicted molar refractivity (Wildman–Crippen MR) is 142 cm³/mol. The number of rotatable bonds is 7. The zero-order chi connectivity index (χ0) is 28.2. The number of esters is 1. The number of nitrogens with zero attached hydrogens (tertiary/aromatic N) is 1. The van der Waals surface area contributed by atoms with Crippen LogP contribution in [0.3, 0.4) is 0 Å². The highest BCUT2D eigenvalue weighted by Gasteiger charge is 2.29. The number of hydrogen-bond donors (Lipinski definition) is 0. The normalized spacial score (nSPS) is 11.1. The zero-order valence-electron chi connectivity index (χ0n) is 21.6. The summed E-state index contributed by atoms with van der Waals surface area (Å²) in [5.74, 6) is -4.56. The molecule has 4 aromatic carbocycles. The zero-order valence-corrected chi connectivity index (χ0v) is 21.6. The van der Waals surface area contributed by atoms with Crippen molar-refractivity contribution in [2.24, 2.45) is 0 Å². The Hall–Kier alpha value is -4.59. The topological polar surface area (TPSA) is 55.8 Å². The van der Waals surface area contributed by atoms with Crippen LogP contribution in [0.4, 0.5) is 18.9 Å². The molecule has 200 valence electrons. The summed E-state index contributed by atoms with van der Waals surface area (Å²) < 4.78 is 53.7. The fourth-order valence-electron chi connectivity index (χ4n) is 3.86. The quantitative estimate of drug-likeness (QED) is 0.230. The molecule has 8 heteroatoms. The maximum Gasteiger partial charge on any atom is 0.326 e. The van der Waals surface area contributed by atoms with E-state index in [0.29, 0.717) is 29.2 Å². The van der Waals surface area contributed by atoms with Crippen molar-refractivity contribution in [3.8, 4) is 22.6 Å². The van der Waals surface area contributed by atoms with E-state index in [-0.39, 0.29) is 5.69 Å². The van der Waals surface area contributed by atoms with Crippen LogP contribution in [0.15, 0.2) is 91.0 Å². The number of carbonyl (C=O) groups excluding carboxylic acids is 2. The summed E-state index contributed by atoms with van der Waals surface area (Å²) >= 11 is 0. The molecule has 0 saturated heterocycles. The molecule has 0 fully saturated rings. The van der Waals surface area contributed by atoms with Crippen LogP contribution >= 0.6 is 0 Å². The van der Waals surface area contributed by atoms with Crippen LogP contribution in [0, 0.1) is 17.5 Å². The van der Waals surface area contributed by atoms with E-state index >= 15 is 0 Å². The van der Waals surface area contributed by atoms with Gasteiger partial charge in [-0.25, -0.2) is 13.2 Å². The lowest BCUT2D eigenvalue weighted by Gasteiger charge is -2.26. The Balaban J connectivity index is 1.67. The molecule has 0 aliphatic rings. The summed E-state index contributed by atoms with van der Waals surface area (Å²) in [6.45, 7) is 4.34. The molecular formula is C31H26F3NO4. The first kappa shape index (κ1) is 27.4. The molecule has 0 radical (unpaired) electrons. The van der Waals surface area contributed by atoms with Gasteiger partial charge >= 0.3 is 5.97 Å². The summed E-state index contributed by atoms with van der Waals surface area (Å²) in [5, 5.41) is 0. The second-order valence-corrected chi connectivity index (χ2v) is 9.71. The van der Waals surface area contributed by atoms with Gasteiger partial charge in [0.05, 0.1) is 0 Å². The summed E-state index contributed by atoms with van der Waals surface area (Å²) in [6, 6.07) is 23.9. The number of hydrogen-bond acceptors (Lipinski definition) is 4. The minimum atomic E-state index is -1.38. The minimum Gasteiger partial charge on any atom is -0.459 e. The van der Waals surface area contributed by atoms with Crippen molar-refractivity contribution in [3.63, 3.8) is 0 Å². The Kier molecular flexibility index (Phi) is 8.04. The van der Waals surface area contributed by atoms with Crippen LogP contribution in [-0.2, 0) is 9.53 Å². The highest BCUT2D eigenvalue weighted by molar-refractivity contribution is 6.09. The van der Waals surface area contributed by atoms with Gasteiger partial charge in [-0.05, 0) is 68.3 Å². The maximum absolute atomic E-state index is 14.5. The van der Waals surface area contributed by atoms with Gasteiger partial charge < -0.3 is 9.47 Å². The lowest BCUT2D eigenvalue weighted by atomic mass is 10.0. The lowest BCUT2D eigenvalue weighted by Crippen LogP contribution is -2.39. The molecule has 5 nitrogen and oxygen atoms in total. The molecular weight excluding hydrogens is 507 g/mol. The van der Waals surface area contributed by atoms with Gasteiger partial charge in [-0.1, -0.05) is 42.5 Å². The van der Waals surface area contributed by atoms with Gasteiger partial charge in [0, 0.05) is 17.8 Å². The van der Waals surface area contributed by atoms with Crippen molar-refractivity contribution in [1.29, 1.82) is 0 Å². The molecule has 0 aliphatic heterocycles. The molecule has 0 saturated carbocycles. The van der Waals surface area contributed by atoms with E-state index in [1.54, 1.807) is 51.1 Å². The Bertz CT molecular complexity index is 1460. The second kappa shape index (κ2) is 11.4. The predicted octanol–water partition coefficient (Wildman–Crippen LogP) is 7.55. The number of ether oxygens (including phenoxy) is 2. The van der Waals surface area contributed by atoms with Gasteiger partial charge in [0.25, 0.3) is 5.91 Å². The molecule has 0 bridgehead atoms. The number of benzene rings is 4. The first-order chi connectivity index (χ1) is 18.5. The molecule has 0 aromatic heterocycles. The van der Waals surface area contributed by atoms with Crippen molar-refractivity contribution in [3.05, 3.63) is 114 Å². The molecule has 1 amide bonds. The average Bonchev–Trinajstić information content (AvgIpc) is 2.87. The van der Waals surface area contributed by atoms with Crippen LogP contribution in [0.5, 0.6) is 11.5 Å². The molecule has 0 atom stereocenters. The van der Waals surface area contributed by atoms with Gasteiger partial charge in [-0.3, -0.25) is 14.5 Å². The maximum atomic E-state index is 14.5. The Morgan fingerprint density at radius 2 is 1.36 bits per heavy atom. The van der Waals surface area contributed by atoms with Crippen LogP contribution in [0.25, 0.3) is 11.1 Å². The number of carbonyl (C=O) groups is 2. The Morgan fingerprint density at radius 3 is 1.97 bits per heavy atom. The van der Waals surface area contributed by atoms with E-state index in [9.17, 15) is 22.8 Å².